The molecular weight excluding hydrogens is 376 g/mol. The molecule has 0 spiro atoms. The summed E-state index contributed by atoms with van der Waals surface area (Å²) < 4.78 is 7.85. The number of piperazine rings is 1. The molecule has 1 saturated heterocycles. The first kappa shape index (κ1) is 22.4. The van der Waals surface area contributed by atoms with Gasteiger partial charge in [0.25, 0.3) is 5.91 Å². The zero-order valence-corrected chi connectivity index (χ0v) is 19.0. The van der Waals surface area contributed by atoms with Gasteiger partial charge in [0, 0.05) is 51.7 Å². The van der Waals surface area contributed by atoms with Crippen LogP contribution in [0.25, 0.3) is 0 Å². The molecule has 1 amide bonds. The summed E-state index contributed by atoms with van der Waals surface area (Å²) in [6.07, 6.45) is 2.06. The summed E-state index contributed by atoms with van der Waals surface area (Å²) in [5, 5.41) is 3.08. The molecule has 1 atom stereocenters. The van der Waals surface area contributed by atoms with Crippen LogP contribution in [0.4, 0.5) is 0 Å². The van der Waals surface area contributed by atoms with Crippen LogP contribution < -0.4 is 10.1 Å². The van der Waals surface area contributed by atoms with Gasteiger partial charge >= 0.3 is 0 Å². The Morgan fingerprint density at radius 2 is 1.73 bits per heavy atom. The highest BCUT2D eigenvalue weighted by molar-refractivity contribution is 5.77. The molecule has 1 N–H and O–H groups in total. The van der Waals surface area contributed by atoms with Crippen LogP contribution in [0.15, 0.2) is 42.6 Å². The number of amides is 1. The first-order valence-electron chi connectivity index (χ1n) is 10.8. The molecule has 30 heavy (non-hydrogen) atoms. The molecule has 2 heterocycles. The largest absolute Gasteiger partial charge is 0.484 e. The zero-order valence-electron chi connectivity index (χ0n) is 19.0. The van der Waals surface area contributed by atoms with Gasteiger partial charge in [-0.05, 0) is 42.3 Å². The molecule has 2 aromatic rings. The Morgan fingerprint density at radius 1 is 1.07 bits per heavy atom. The average Bonchev–Trinajstić information content (AvgIpc) is 3.13. The van der Waals surface area contributed by atoms with Crippen molar-refractivity contribution in [1.29, 1.82) is 0 Å². The van der Waals surface area contributed by atoms with E-state index in [0.717, 1.165) is 31.9 Å². The van der Waals surface area contributed by atoms with E-state index in [-0.39, 0.29) is 24.0 Å². The smallest absolute Gasteiger partial charge is 0.258 e. The number of hydrogen-bond acceptors (Lipinski definition) is 4. The maximum Gasteiger partial charge on any atom is 0.258 e. The third-order valence-corrected chi connectivity index (χ3v) is 5.89. The first-order chi connectivity index (χ1) is 14.2. The molecule has 0 bridgehead atoms. The fourth-order valence-corrected chi connectivity index (χ4v) is 3.84. The van der Waals surface area contributed by atoms with E-state index in [9.17, 15) is 4.79 Å². The Kier molecular flexibility index (Phi) is 7.21. The lowest BCUT2D eigenvalue weighted by molar-refractivity contribution is -0.123. The summed E-state index contributed by atoms with van der Waals surface area (Å²) in [4.78, 5) is 17.3. The van der Waals surface area contributed by atoms with Gasteiger partial charge in [-0.1, -0.05) is 32.9 Å². The van der Waals surface area contributed by atoms with Crippen LogP contribution >= 0.6 is 0 Å². The molecule has 1 aromatic heterocycles. The number of aromatic nitrogens is 1. The molecule has 1 aromatic carbocycles. The molecule has 1 aliphatic rings. The quantitative estimate of drug-likeness (QED) is 0.760. The fraction of sp³-hybridized carbons (Fsp3) is 0.542. The Balaban J connectivity index is 1.55. The molecule has 3 rings (SSSR count). The van der Waals surface area contributed by atoms with Gasteiger partial charge in [-0.2, -0.15) is 0 Å². The molecule has 0 radical (unpaired) electrons. The van der Waals surface area contributed by atoms with Gasteiger partial charge in [-0.15, -0.1) is 0 Å². The third-order valence-electron chi connectivity index (χ3n) is 5.89. The molecule has 6 heteroatoms. The van der Waals surface area contributed by atoms with Crippen LogP contribution in [0.3, 0.4) is 0 Å². The van der Waals surface area contributed by atoms with E-state index >= 15 is 0 Å². The Hall–Kier alpha value is -2.31. The number of aryl methyl sites for hydroxylation is 1. The lowest BCUT2D eigenvalue weighted by atomic mass is 9.87. The van der Waals surface area contributed by atoms with E-state index in [2.05, 4.69) is 85.0 Å². The first-order valence-corrected chi connectivity index (χ1v) is 10.8. The van der Waals surface area contributed by atoms with E-state index in [1.807, 2.05) is 12.1 Å². The highest BCUT2D eigenvalue weighted by Crippen LogP contribution is 2.24. The fourth-order valence-electron chi connectivity index (χ4n) is 3.84. The van der Waals surface area contributed by atoms with Crippen molar-refractivity contribution in [3.8, 4) is 5.75 Å². The predicted octanol–water partition coefficient (Wildman–Crippen LogP) is 2.81. The van der Waals surface area contributed by atoms with E-state index < -0.39 is 0 Å². The van der Waals surface area contributed by atoms with Crippen LogP contribution in [0.1, 0.15) is 38.1 Å². The number of carbonyl (C=O) groups excluding carboxylic acids is 1. The topological polar surface area (TPSA) is 49.7 Å². The normalized spacial score (nSPS) is 17.0. The summed E-state index contributed by atoms with van der Waals surface area (Å²) >= 11 is 0. The van der Waals surface area contributed by atoms with Crippen molar-refractivity contribution in [2.45, 2.75) is 32.2 Å². The molecule has 1 unspecified atom stereocenters. The van der Waals surface area contributed by atoms with Crippen molar-refractivity contribution < 1.29 is 9.53 Å². The third kappa shape index (κ3) is 5.86. The molecule has 0 aliphatic carbocycles. The lowest BCUT2D eigenvalue weighted by Gasteiger charge is -2.38. The minimum absolute atomic E-state index is 0.0253. The van der Waals surface area contributed by atoms with E-state index in [1.54, 1.807) is 0 Å². The van der Waals surface area contributed by atoms with Crippen LogP contribution in [-0.2, 0) is 17.3 Å². The van der Waals surface area contributed by atoms with Gasteiger partial charge in [-0.25, -0.2) is 0 Å². The number of benzene rings is 1. The summed E-state index contributed by atoms with van der Waals surface area (Å²) in [6.45, 7) is 11.2. The van der Waals surface area contributed by atoms with Crippen molar-refractivity contribution in [3.63, 3.8) is 0 Å². The zero-order chi connectivity index (χ0) is 21.7. The van der Waals surface area contributed by atoms with Crippen LogP contribution in [0, 0.1) is 0 Å². The second-order valence-electron chi connectivity index (χ2n) is 9.27. The number of ether oxygens (including phenoxy) is 1. The molecule has 1 aliphatic heterocycles. The molecule has 6 nitrogen and oxygen atoms in total. The number of carbonyl (C=O) groups is 1. The van der Waals surface area contributed by atoms with Crippen molar-refractivity contribution in [1.82, 2.24) is 19.7 Å². The highest BCUT2D eigenvalue weighted by atomic mass is 16.5. The summed E-state index contributed by atoms with van der Waals surface area (Å²) in [5.41, 5.74) is 2.57. The Bertz CT molecular complexity index is 814. The molecule has 1 fully saturated rings. The van der Waals surface area contributed by atoms with Gasteiger partial charge < -0.3 is 19.5 Å². The minimum atomic E-state index is -0.0942. The highest BCUT2D eigenvalue weighted by Gasteiger charge is 2.26. The standard InChI is InChI=1S/C24H36N4O2/c1-24(2,3)19-8-10-20(11-9-19)30-18-23(29)25-17-22(21-7-6-12-27(21)5)28-15-13-26(4)14-16-28/h6-12,22H,13-18H2,1-5H3,(H,25,29). The Morgan fingerprint density at radius 3 is 2.30 bits per heavy atom. The number of rotatable bonds is 7. The van der Waals surface area contributed by atoms with Crippen LogP contribution in [0.5, 0.6) is 5.75 Å². The van der Waals surface area contributed by atoms with Gasteiger partial charge in [0.15, 0.2) is 6.61 Å². The van der Waals surface area contributed by atoms with E-state index in [4.69, 9.17) is 4.74 Å². The SMILES string of the molecule is CN1CCN(C(CNC(=O)COc2ccc(C(C)(C)C)cc2)c2cccn2C)CC1. The van der Waals surface area contributed by atoms with Gasteiger partial charge in [0.2, 0.25) is 0 Å². The average molecular weight is 413 g/mol. The van der Waals surface area contributed by atoms with Crippen LogP contribution in [-0.4, -0.2) is 66.7 Å². The molecule has 0 saturated carbocycles. The summed E-state index contributed by atoms with van der Waals surface area (Å²) in [6, 6.07) is 12.4. The minimum Gasteiger partial charge on any atom is -0.484 e. The monoisotopic (exact) mass is 412 g/mol. The van der Waals surface area contributed by atoms with Crippen molar-refractivity contribution in [2.75, 3.05) is 46.4 Å². The van der Waals surface area contributed by atoms with Crippen LogP contribution in [0.2, 0.25) is 0 Å². The summed E-state index contributed by atoms with van der Waals surface area (Å²) in [7, 11) is 4.21. The lowest BCUT2D eigenvalue weighted by Crippen LogP contribution is -2.49. The second kappa shape index (κ2) is 9.67. The molecular formula is C24H36N4O2. The van der Waals surface area contributed by atoms with Gasteiger partial charge in [0.05, 0.1) is 6.04 Å². The van der Waals surface area contributed by atoms with E-state index in [0.29, 0.717) is 6.54 Å². The second-order valence-corrected chi connectivity index (χ2v) is 9.27. The molecule has 164 valence electrons. The Labute approximate surface area is 180 Å². The van der Waals surface area contributed by atoms with Crippen molar-refractivity contribution in [2.24, 2.45) is 7.05 Å². The summed E-state index contributed by atoms with van der Waals surface area (Å²) in [5.74, 6) is 0.624. The number of hydrogen-bond donors (Lipinski definition) is 1. The number of nitrogens with zero attached hydrogens (tertiary/aromatic N) is 3. The maximum absolute atomic E-state index is 12.5. The maximum atomic E-state index is 12.5. The number of likely N-dealkylation sites (N-methyl/N-ethyl adjacent to an activating group) is 1. The van der Waals surface area contributed by atoms with Gasteiger partial charge in [-0.3, -0.25) is 9.69 Å². The van der Waals surface area contributed by atoms with Gasteiger partial charge in [0.1, 0.15) is 5.75 Å². The van der Waals surface area contributed by atoms with Crippen molar-refractivity contribution >= 4 is 5.91 Å². The van der Waals surface area contributed by atoms with E-state index in [1.165, 1.54) is 11.3 Å². The van der Waals surface area contributed by atoms with Crippen molar-refractivity contribution in [3.05, 3.63) is 53.9 Å². The predicted molar refractivity (Wildman–Crippen MR) is 121 cm³/mol. The number of nitrogens with one attached hydrogen (secondary N) is 1.